The number of carbonyl (C=O) groups is 2. The van der Waals surface area contributed by atoms with Crippen molar-refractivity contribution >= 4 is 27.5 Å². The van der Waals surface area contributed by atoms with E-state index in [1.165, 1.54) is 12.1 Å². The van der Waals surface area contributed by atoms with Gasteiger partial charge in [0.2, 0.25) is 15.9 Å². The van der Waals surface area contributed by atoms with Gasteiger partial charge in [-0.15, -0.1) is 0 Å². The maximum Gasteiger partial charge on any atom is 0.253 e. The predicted molar refractivity (Wildman–Crippen MR) is 127 cm³/mol. The highest BCUT2D eigenvalue weighted by Gasteiger charge is 2.25. The number of hydrogen-bond donors (Lipinski definition) is 3. The van der Waals surface area contributed by atoms with Crippen LogP contribution in [0.25, 0.3) is 0 Å². The summed E-state index contributed by atoms with van der Waals surface area (Å²) >= 11 is 0. The van der Waals surface area contributed by atoms with Crippen molar-refractivity contribution in [1.82, 2.24) is 10.0 Å². The molecule has 0 spiro atoms. The van der Waals surface area contributed by atoms with Crippen molar-refractivity contribution in [2.24, 2.45) is 0 Å². The summed E-state index contributed by atoms with van der Waals surface area (Å²) in [7, 11) is -3.66. The molecule has 0 atom stereocenters. The Labute approximate surface area is 199 Å². The number of para-hydroxylation sites is 1. The first-order valence-electron chi connectivity index (χ1n) is 11.5. The van der Waals surface area contributed by atoms with E-state index in [2.05, 4.69) is 15.4 Å². The zero-order valence-electron chi connectivity index (χ0n) is 18.8. The second kappa shape index (κ2) is 10.9. The molecule has 0 saturated heterocycles. The smallest absolute Gasteiger partial charge is 0.253 e. The van der Waals surface area contributed by atoms with Gasteiger partial charge in [-0.1, -0.05) is 18.6 Å². The standard InChI is InChI=1S/C24H29N3O6S/c28-23(27-20-7-4-3-6-19(20)24(29)26-17-9-10-17)8-2-1-5-13-25-34(30,31)18-11-12-21-22(16-18)33-15-14-32-21/h3-4,6-7,11-12,16-17,25H,1-2,5,8-10,13-15H2,(H,26,29)(H,27,28). The molecular weight excluding hydrogens is 458 g/mol. The van der Waals surface area contributed by atoms with Crippen LogP contribution in [0.2, 0.25) is 0 Å². The van der Waals surface area contributed by atoms with Crippen molar-refractivity contribution in [3.63, 3.8) is 0 Å². The number of anilines is 1. The first kappa shape index (κ1) is 24.0. The molecule has 3 N–H and O–H groups in total. The van der Waals surface area contributed by atoms with E-state index < -0.39 is 10.0 Å². The molecule has 1 heterocycles. The Kier molecular flexibility index (Phi) is 7.69. The molecule has 0 unspecified atom stereocenters. The van der Waals surface area contributed by atoms with Crippen LogP contribution in [0.15, 0.2) is 47.4 Å². The van der Waals surface area contributed by atoms with Crippen LogP contribution in [-0.2, 0) is 14.8 Å². The molecule has 2 aromatic carbocycles. The number of rotatable bonds is 11. The number of ether oxygens (including phenoxy) is 2. The van der Waals surface area contributed by atoms with Crippen LogP contribution >= 0.6 is 0 Å². The number of fused-ring (bicyclic) bond motifs is 1. The molecule has 9 nitrogen and oxygen atoms in total. The third kappa shape index (κ3) is 6.48. The van der Waals surface area contributed by atoms with Gasteiger partial charge < -0.3 is 20.1 Å². The van der Waals surface area contributed by atoms with Crippen LogP contribution < -0.4 is 24.8 Å². The van der Waals surface area contributed by atoms with Crippen molar-refractivity contribution in [2.75, 3.05) is 25.1 Å². The fraction of sp³-hybridized carbons (Fsp3) is 0.417. The fourth-order valence-corrected chi connectivity index (χ4v) is 4.65. The lowest BCUT2D eigenvalue weighted by Gasteiger charge is -2.18. The van der Waals surface area contributed by atoms with Gasteiger partial charge in [-0.25, -0.2) is 13.1 Å². The molecule has 4 rings (SSSR count). The normalized spacial score (nSPS) is 14.9. The Balaban J connectivity index is 1.17. The minimum atomic E-state index is -3.66. The molecule has 1 aliphatic heterocycles. The summed E-state index contributed by atoms with van der Waals surface area (Å²) in [4.78, 5) is 24.8. The van der Waals surface area contributed by atoms with Crippen LogP contribution in [0, 0.1) is 0 Å². The van der Waals surface area contributed by atoms with Crippen molar-refractivity contribution < 1.29 is 27.5 Å². The first-order chi connectivity index (χ1) is 16.4. The second-order valence-electron chi connectivity index (χ2n) is 8.36. The van der Waals surface area contributed by atoms with Gasteiger partial charge in [0.1, 0.15) is 13.2 Å². The van der Waals surface area contributed by atoms with E-state index in [4.69, 9.17) is 9.47 Å². The largest absolute Gasteiger partial charge is 0.486 e. The molecule has 10 heteroatoms. The predicted octanol–water partition coefficient (Wildman–Crippen LogP) is 2.83. The van der Waals surface area contributed by atoms with E-state index >= 15 is 0 Å². The van der Waals surface area contributed by atoms with Gasteiger partial charge in [0.25, 0.3) is 5.91 Å². The maximum absolute atomic E-state index is 12.5. The van der Waals surface area contributed by atoms with Gasteiger partial charge in [0.05, 0.1) is 16.1 Å². The monoisotopic (exact) mass is 487 g/mol. The van der Waals surface area contributed by atoms with Gasteiger partial charge in [0, 0.05) is 25.1 Å². The quantitative estimate of drug-likeness (QED) is 0.419. The average molecular weight is 488 g/mol. The van der Waals surface area contributed by atoms with Crippen LogP contribution in [-0.4, -0.2) is 46.0 Å². The Morgan fingerprint density at radius 1 is 0.941 bits per heavy atom. The number of hydrogen-bond acceptors (Lipinski definition) is 6. The lowest BCUT2D eigenvalue weighted by molar-refractivity contribution is -0.116. The van der Waals surface area contributed by atoms with Gasteiger partial charge in [0.15, 0.2) is 11.5 Å². The number of benzene rings is 2. The molecule has 182 valence electrons. The number of unbranched alkanes of at least 4 members (excludes halogenated alkanes) is 2. The number of nitrogens with one attached hydrogen (secondary N) is 3. The van der Waals surface area contributed by atoms with Gasteiger partial charge in [-0.2, -0.15) is 0 Å². The van der Waals surface area contributed by atoms with E-state index in [1.807, 2.05) is 0 Å². The minimum Gasteiger partial charge on any atom is -0.486 e. The average Bonchev–Trinajstić information content (AvgIpc) is 3.65. The summed E-state index contributed by atoms with van der Waals surface area (Å²) in [6.07, 6.45) is 4.15. The van der Waals surface area contributed by atoms with E-state index in [0.717, 1.165) is 12.8 Å². The van der Waals surface area contributed by atoms with Gasteiger partial charge >= 0.3 is 0 Å². The zero-order valence-corrected chi connectivity index (χ0v) is 19.7. The summed E-state index contributed by atoms with van der Waals surface area (Å²) in [5.41, 5.74) is 0.953. The SMILES string of the molecule is O=C(CCCCCNS(=O)(=O)c1ccc2c(c1)OCCO2)Nc1ccccc1C(=O)NC1CC1. The number of sulfonamides is 1. The molecule has 2 aliphatic rings. The van der Waals surface area contributed by atoms with Crippen LogP contribution in [0.3, 0.4) is 0 Å². The molecule has 2 aromatic rings. The summed E-state index contributed by atoms with van der Waals surface area (Å²) in [6, 6.07) is 11.7. The summed E-state index contributed by atoms with van der Waals surface area (Å²) in [5, 5.41) is 5.74. The lowest BCUT2D eigenvalue weighted by atomic mass is 10.1. The Morgan fingerprint density at radius 3 is 2.50 bits per heavy atom. The highest BCUT2D eigenvalue weighted by Crippen LogP contribution is 2.32. The van der Waals surface area contributed by atoms with Crippen LogP contribution in [0.4, 0.5) is 5.69 Å². The molecule has 2 amide bonds. The molecule has 1 aliphatic carbocycles. The number of amides is 2. The third-order valence-corrected chi connectivity index (χ3v) is 7.01. The molecule has 0 bridgehead atoms. The fourth-order valence-electron chi connectivity index (χ4n) is 3.56. The van der Waals surface area contributed by atoms with Crippen molar-refractivity contribution in [1.29, 1.82) is 0 Å². The number of carbonyl (C=O) groups excluding carboxylic acids is 2. The summed E-state index contributed by atoms with van der Waals surface area (Å²) < 4.78 is 38.5. The first-order valence-corrected chi connectivity index (χ1v) is 13.0. The Bertz CT molecular complexity index is 1150. The maximum atomic E-state index is 12.5. The van der Waals surface area contributed by atoms with Crippen LogP contribution in [0.1, 0.15) is 48.9 Å². The van der Waals surface area contributed by atoms with E-state index in [9.17, 15) is 18.0 Å². The van der Waals surface area contributed by atoms with Gasteiger partial charge in [-0.3, -0.25) is 9.59 Å². The molecule has 1 fully saturated rings. The molecular formula is C24H29N3O6S. The highest BCUT2D eigenvalue weighted by molar-refractivity contribution is 7.89. The van der Waals surface area contributed by atoms with Crippen molar-refractivity contribution in [3.8, 4) is 11.5 Å². The van der Waals surface area contributed by atoms with E-state index in [1.54, 1.807) is 30.3 Å². The van der Waals surface area contributed by atoms with Gasteiger partial charge in [-0.05, 0) is 49.9 Å². The Hall–Kier alpha value is -3.11. The summed E-state index contributed by atoms with van der Waals surface area (Å²) in [5.74, 6) is 0.605. The molecule has 1 saturated carbocycles. The van der Waals surface area contributed by atoms with E-state index in [0.29, 0.717) is 55.2 Å². The van der Waals surface area contributed by atoms with E-state index in [-0.39, 0.29) is 35.7 Å². The van der Waals surface area contributed by atoms with Crippen molar-refractivity contribution in [3.05, 3.63) is 48.0 Å². The highest BCUT2D eigenvalue weighted by atomic mass is 32.2. The van der Waals surface area contributed by atoms with Crippen LogP contribution in [0.5, 0.6) is 11.5 Å². The summed E-state index contributed by atoms with van der Waals surface area (Å²) in [6.45, 7) is 1.09. The molecule has 0 aromatic heterocycles. The Morgan fingerprint density at radius 2 is 1.71 bits per heavy atom. The minimum absolute atomic E-state index is 0.125. The second-order valence-corrected chi connectivity index (χ2v) is 10.1. The molecule has 34 heavy (non-hydrogen) atoms. The lowest BCUT2D eigenvalue weighted by Crippen LogP contribution is -2.27. The third-order valence-electron chi connectivity index (χ3n) is 5.55. The zero-order chi connectivity index (χ0) is 24.0. The topological polar surface area (TPSA) is 123 Å². The van der Waals surface area contributed by atoms with Crippen molar-refractivity contribution in [2.45, 2.75) is 49.5 Å². The molecule has 0 radical (unpaired) electrons.